The van der Waals surface area contributed by atoms with Crippen LogP contribution in [0.2, 0.25) is 0 Å². The summed E-state index contributed by atoms with van der Waals surface area (Å²) in [5.41, 5.74) is 0.773. The fraction of sp³-hybridized carbons (Fsp3) is 0.409. The molecule has 0 radical (unpaired) electrons. The molecule has 0 spiro atoms. The lowest BCUT2D eigenvalue weighted by Crippen LogP contribution is -2.48. The average molecular weight is 437 g/mol. The van der Waals surface area contributed by atoms with Gasteiger partial charge in [-0.25, -0.2) is 18.0 Å². The van der Waals surface area contributed by atoms with Crippen LogP contribution in [0.25, 0.3) is 0 Å². The largest absolute Gasteiger partial charge is 0.494 e. The maximum atomic E-state index is 13.8. The number of benzene rings is 2. The number of halogens is 3. The summed E-state index contributed by atoms with van der Waals surface area (Å²) in [6.07, 6.45) is 0.167. The van der Waals surface area contributed by atoms with Crippen molar-refractivity contribution in [2.24, 2.45) is 0 Å². The third-order valence-corrected chi connectivity index (χ3v) is 5.32. The summed E-state index contributed by atoms with van der Waals surface area (Å²) in [5, 5.41) is 15.4. The van der Waals surface area contributed by atoms with Crippen molar-refractivity contribution in [3.8, 4) is 5.75 Å². The van der Waals surface area contributed by atoms with Crippen LogP contribution >= 0.6 is 0 Å². The van der Waals surface area contributed by atoms with Crippen LogP contribution in [0.5, 0.6) is 5.75 Å². The molecule has 9 heteroatoms. The van der Waals surface area contributed by atoms with Gasteiger partial charge < -0.3 is 20.5 Å². The maximum absolute atomic E-state index is 13.8. The first kappa shape index (κ1) is 22.9. The molecule has 1 aliphatic rings. The quantitative estimate of drug-likeness (QED) is 0.623. The van der Waals surface area contributed by atoms with E-state index in [4.69, 9.17) is 4.74 Å². The Kier molecular flexibility index (Phi) is 7.75. The molecule has 1 unspecified atom stereocenters. The van der Waals surface area contributed by atoms with Crippen molar-refractivity contribution in [3.05, 3.63) is 65.0 Å². The van der Waals surface area contributed by atoms with Crippen molar-refractivity contribution in [2.45, 2.75) is 31.5 Å². The van der Waals surface area contributed by atoms with Gasteiger partial charge in [-0.05, 0) is 36.6 Å². The van der Waals surface area contributed by atoms with Gasteiger partial charge in [0.05, 0.1) is 13.2 Å². The third-order valence-electron chi connectivity index (χ3n) is 5.32. The highest BCUT2D eigenvalue weighted by Crippen LogP contribution is 2.20. The highest BCUT2D eigenvalue weighted by molar-refractivity contribution is 5.74. The second kappa shape index (κ2) is 10.5. The Labute approximate surface area is 179 Å². The molecular weight excluding hydrogens is 411 g/mol. The molecule has 1 atom stereocenters. The average Bonchev–Trinajstić information content (AvgIpc) is 2.73. The number of nitrogens with one attached hydrogen (secondary N) is 2. The minimum atomic E-state index is -1.28. The summed E-state index contributed by atoms with van der Waals surface area (Å²) in [5.74, 6) is -1.78. The third kappa shape index (κ3) is 6.35. The smallest absolute Gasteiger partial charge is 0.315 e. The summed E-state index contributed by atoms with van der Waals surface area (Å²) >= 11 is 0. The van der Waals surface area contributed by atoms with Crippen molar-refractivity contribution < 1.29 is 27.8 Å². The number of methoxy groups -OCH3 is 1. The van der Waals surface area contributed by atoms with Crippen LogP contribution in [0.15, 0.2) is 36.4 Å². The fourth-order valence-electron chi connectivity index (χ4n) is 3.61. The van der Waals surface area contributed by atoms with Gasteiger partial charge in [0.1, 0.15) is 11.6 Å². The Balaban J connectivity index is 1.40. The van der Waals surface area contributed by atoms with Gasteiger partial charge in [0.2, 0.25) is 0 Å². The molecule has 1 fully saturated rings. The summed E-state index contributed by atoms with van der Waals surface area (Å²) in [6, 6.07) is 7.29. The van der Waals surface area contributed by atoms with E-state index < -0.39 is 29.6 Å². The number of nitrogens with zero attached hydrogens (tertiary/aromatic N) is 1. The number of aliphatic hydroxyl groups excluding tert-OH is 1. The number of hydrogen-bond acceptors (Lipinski definition) is 4. The molecular formula is C22H26F3N3O3. The first-order valence-corrected chi connectivity index (χ1v) is 10.1. The Morgan fingerprint density at radius 3 is 2.55 bits per heavy atom. The molecule has 6 nitrogen and oxygen atoms in total. The van der Waals surface area contributed by atoms with Crippen LogP contribution in [0.3, 0.4) is 0 Å². The molecule has 2 aromatic carbocycles. The molecule has 2 aromatic rings. The molecule has 3 rings (SSSR count). The fourth-order valence-corrected chi connectivity index (χ4v) is 3.61. The standard InChI is InChI=1S/C22H26F3N3O3/c1-31-21-5-2-14(10-19(21)25)13-28-8-6-16(7-9-28)27-22(30)26-12-20(29)17-4-3-15(23)11-18(17)24/h2-5,10-11,16,20,29H,6-9,12-13H2,1H3,(H2,26,27,30). The molecule has 0 aromatic heterocycles. The van der Waals surface area contributed by atoms with Crippen LogP contribution in [-0.2, 0) is 6.54 Å². The maximum Gasteiger partial charge on any atom is 0.315 e. The Hall–Kier alpha value is -2.78. The molecule has 0 saturated carbocycles. The zero-order valence-electron chi connectivity index (χ0n) is 17.2. The molecule has 0 aliphatic carbocycles. The summed E-state index contributed by atoms with van der Waals surface area (Å²) in [7, 11) is 1.42. The lowest BCUT2D eigenvalue weighted by Gasteiger charge is -2.32. The second-order valence-corrected chi connectivity index (χ2v) is 7.56. The summed E-state index contributed by atoms with van der Waals surface area (Å²) < 4.78 is 45.4. The number of ether oxygens (including phenoxy) is 1. The van der Waals surface area contributed by atoms with Gasteiger partial charge in [-0.3, -0.25) is 4.90 Å². The predicted octanol–water partition coefficient (Wildman–Crippen LogP) is 3.11. The van der Waals surface area contributed by atoms with Crippen molar-refractivity contribution in [1.82, 2.24) is 15.5 Å². The van der Waals surface area contributed by atoms with Crippen molar-refractivity contribution >= 4 is 6.03 Å². The number of carbonyl (C=O) groups excluding carboxylic acids is 1. The van der Waals surface area contributed by atoms with Crippen LogP contribution in [0.4, 0.5) is 18.0 Å². The normalized spacial score (nSPS) is 16.0. The van der Waals surface area contributed by atoms with E-state index in [9.17, 15) is 23.1 Å². The number of rotatable bonds is 7. The zero-order chi connectivity index (χ0) is 22.4. The van der Waals surface area contributed by atoms with E-state index >= 15 is 0 Å². The van der Waals surface area contributed by atoms with Gasteiger partial charge in [0.25, 0.3) is 0 Å². The van der Waals surface area contributed by atoms with E-state index in [2.05, 4.69) is 15.5 Å². The van der Waals surface area contributed by atoms with Crippen molar-refractivity contribution in [2.75, 3.05) is 26.7 Å². The van der Waals surface area contributed by atoms with E-state index in [1.807, 2.05) is 6.07 Å². The number of urea groups is 1. The monoisotopic (exact) mass is 437 g/mol. The molecule has 31 heavy (non-hydrogen) atoms. The second-order valence-electron chi connectivity index (χ2n) is 7.56. The van der Waals surface area contributed by atoms with E-state index in [0.717, 1.165) is 43.6 Å². The van der Waals surface area contributed by atoms with E-state index in [1.165, 1.54) is 13.2 Å². The summed E-state index contributed by atoms with van der Waals surface area (Å²) in [4.78, 5) is 14.3. The Morgan fingerprint density at radius 1 is 1.16 bits per heavy atom. The Bertz CT molecular complexity index is 905. The number of likely N-dealkylation sites (tertiary alicyclic amines) is 1. The lowest BCUT2D eigenvalue weighted by atomic mass is 10.0. The van der Waals surface area contributed by atoms with Crippen LogP contribution in [0, 0.1) is 17.5 Å². The minimum absolute atomic E-state index is 0.0384. The number of carbonyl (C=O) groups is 1. The van der Waals surface area contributed by atoms with Gasteiger partial charge in [-0.1, -0.05) is 12.1 Å². The van der Waals surface area contributed by atoms with Gasteiger partial charge >= 0.3 is 6.03 Å². The molecule has 168 valence electrons. The predicted molar refractivity (Wildman–Crippen MR) is 109 cm³/mol. The number of hydrogen-bond donors (Lipinski definition) is 3. The van der Waals surface area contributed by atoms with Gasteiger partial charge in [-0.2, -0.15) is 0 Å². The first-order valence-electron chi connectivity index (χ1n) is 10.1. The first-order chi connectivity index (χ1) is 14.9. The van der Waals surface area contributed by atoms with Gasteiger partial charge in [0.15, 0.2) is 11.6 Å². The van der Waals surface area contributed by atoms with Crippen LogP contribution in [0.1, 0.15) is 30.1 Å². The van der Waals surface area contributed by atoms with Crippen LogP contribution in [-0.4, -0.2) is 48.8 Å². The minimum Gasteiger partial charge on any atom is -0.494 e. The number of aliphatic hydroxyl groups is 1. The van der Waals surface area contributed by atoms with Gasteiger partial charge in [0, 0.05) is 43.9 Å². The molecule has 3 N–H and O–H groups in total. The molecule has 2 amide bonds. The van der Waals surface area contributed by atoms with E-state index in [1.54, 1.807) is 6.07 Å². The Morgan fingerprint density at radius 2 is 1.90 bits per heavy atom. The molecule has 1 saturated heterocycles. The highest BCUT2D eigenvalue weighted by Gasteiger charge is 2.22. The molecule has 0 bridgehead atoms. The van der Waals surface area contributed by atoms with E-state index in [0.29, 0.717) is 12.6 Å². The zero-order valence-corrected chi connectivity index (χ0v) is 17.2. The topological polar surface area (TPSA) is 73.8 Å². The highest BCUT2D eigenvalue weighted by atomic mass is 19.1. The number of piperidine rings is 1. The van der Waals surface area contributed by atoms with Gasteiger partial charge in [-0.15, -0.1) is 0 Å². The molecule has 1 aliphatic heterocycles. The van der Waals surface area contributed by atoms with Crippen LogP contribution < -0.4 is 15.4 Å². The van der Waals surface area contributed by atoms with Crippen molar-refractivity contribution in [1.29, 1.82) is 0 Å². The SMILES string of the molecule is COc1ccc(CN2CCC(NC(=O)NCC(O)c3ccc(F)cc3F)CC2)cc1F. The van der Waals surface area contributed by atoms with Crippen molar-refractivity contribution in [3.63, 3.8) is 0 Å². The molecule has 1 heterocycles. The van der Waals surface area contributed by atoms with E-state index in [-0.39, 0.29) is 23.9 Å². The number of amides is 2. The lowest BCUT2D eigenvalue weighted by molar-refractivity contribution is 0.164. The summed E-state index contributed by atoms with van der Waals surface area (Å²) in [6.45, 7) is 1.88.